The van der Waals surface area contributed by atoms with Crippen LogP contribution >= 0.6 is 11.3 Å². The summed E-state index contributed by atoms with van der Waals surface area (Å²) in [7, 11) is 0. The average molecular weight is 670 g/mol. The summed E-state index contributed by atoms with van der Waals surface area (Å²) >= 11 is 1.82. The fraction of sp³-hybridized carbons (Fsp3) is 0. The van der Waals surface area contributed by atoms with Crippen LogP contribution in [0, 0.1) is 0 Å². The van der Waals surface area contributed by atoms with Gasteiger partial charge >= 0.3 is 0 Å². The molecule has 0 aliphatic carbocycles. The summed E-state index contributed by atoms with van der Waals surface area (Å²) in [4.78, 5) is 25.1. The number of nitrogens with zero attached hydrogens (tertiary/aromatic N) is 5. The fourth-order valence-corrected chi connectivity index (χ4v) is 7.89. The molecular weight excluding hydrogens is 643 g/mol. The van der Waals surface area contributed by atoms with E-state index in [1.54, 1.807) is 0 Å². The lowest BCUT2D eigenvalue weighted by Crippen LogP contribution is -2.00. The third-order valence-electron chi connectivity index (χ3n) is 9.33. The molecule has 5 nitrogen and oxygen atoms in total. The third kappa shape index (κ3) is 5.30. The van der Waals surface area contributed by atoms with Gasteiger partial charge < -0.3 is 0 Å². The van der Waals surface area contributed by atoms with Crippen molar-refractivity contribution >= 4 is 53.3 Å². The summed E-state index contributed by atoms with van der Waals surface area (Å²) in [5.41, 5.74) is 8.50. The van der Waals surface area contributed by atoms with Crippen LogP contribution in [0.15, 0.2) is 164 Å². The van der Waals surface area contributed by atoms with Gasteiger partial charge in [0, 0.05) is 59.4 Å². The number of hydrogen-bond acceptors (Lipinski definition) is 6. The monoisotopic (exact) mass is 669 g/mol. The van der Waals surface area contributed by atoms with Crippen LogP contribution in [0.1, 0.15) is 0 Å². The molecule has 0 spiro atoms. The summed E-state index contributed by atoms with van der Waals surface area (Å²) < 4.78 is 2.55. The van der Waals surface area contributed by atoms with Gasteiger partial charge in [-0.2, -0.15) is 0 Å². The maximum Gasteiger partial charge on any atom is 0.164 e. The molecule has 6 aromatic carbocycles. The Hall–Kier alpha value is -6.63. The second kappa shape index (κ2) is 12.1. The molecule has 0 bridgehead atoms. The predicted octanol–water partition coefficient (Wildman–Crippen LogP) is 11.7. The second-order valence-electron chi connectivity index (χ2n) is 12.6. The van der Waals surface area contributed by atoms with Crippen LogP contribution in [-0.4, -0.2) is 24.9 Å². The lowest BCUT2D eigenvalue weighted by Gasteiger charge is -2.13. The van der Waals surface area contributed by atoms with Crippen molar-refractivity contribution in [2.24, 2.45) is 0 Å². The Kier molecular flexibility index (Phi) is 6.93. The lowest BCUT2D eigenvalue weighted by molar-refractivity contribution is 1.07. The van der Waals surface area contributed by atoms with Gasteiger partial charge in [-0.05, 0) is 59.7 Å². The van der Waals surface area contributed by atoms with Gasteiger partial charge in [-0.25, -0.2) is 19.9 Å². The third-order valence-corrected chi connectivity index (χ3v) is 10.5. The van der Waals surface area contributed by atoms with Crippen molar-refractivity contribution in [2.45, 2.75) is 0 Å². The van der Waals surface area contributed by atoms with Gasteiger partial charge in [-0.15, -0.1) is 11.3 Å². The molecular formula is C45H27N5S. The Bertz CT molecular complexity index is 2860. The minimum Gasteiger partial charge on any atom is -0.254 e. The maximum atomic E-state index is 5.24. The molecule has 0 radical (unpaired) electrons. The minimum atomic E-state index is 0.598. The van der Waals surface area contributed by atoms with Crippen LogP contribution in [0.5, 0.6) is 0 Å². The number of hydrogen-bond donors (Lipinski definition) is 0. The van der Waals surface area contributed by atoms with E-state index in [1.165, 1.54) is 20.2 Å². The summed E-state index contributed by atoms with van der Waals surface area (Å²) in [6.45, 7) is 0. The summed E-state index contributed by atoms with van der Waals surface area (Å²) in [5, 5.41) is 4.63. The Labute approximate surface area is 297 Å². The van der Waals surface area contributed by atoms with Crippen LogP contribution < -0.4 is 0 Å². The van der Waals surface area contributed by atoms with Crippen molar-refractivity contribution in [1.29, 1.82) is 0 Å². The van der Waals surface area contributed by atoms with Crippen molar-refractivity contribution in [3.8, 4) is 56.5 Å². The van der Waals surface area contributed by atoms with Crippen molar-refractivity contribution in [3.63, 3.8) is 0 Å². The summed E-state index contributed by atoms with van der Waals surface area (Å²) in [6, 6.07) is 54.6. The van der Waals surface area contributed by atoms with E-state index in [9.17, 15) is 0 Å². The van der Waals surface area contributed by atoms with Gasteiger partial charge in [0.05, 0.1) is 16.7 Å². The molecule has 0 amide bonds. The number of fused-ring (bicyclic) bond motifs is 6. The maximum absolute atomic E-state index is 5.24. The molecule has 10 aromatic rings. The van der Waals surface area contributed by atoms with Crippen LogP contribution in [0.2, 0.25) is 0 Å². The molecule has 4 aromatic heterocycles. The molecule has 51 heavy (non-hydrogen) atoms. The molecule has 0 saturated heterocycles. The zero-order valence-corrected chi connectivity index (χ0v) is 28.0. The van der Waals surface area contributed by atoms with Gasteiger partial charge in [0.25, 0.3) is 0 Å². The molecule has 4 heterocycles. The predicted molar refractivity (Wildman–Crippen MR) is 210 cm³/mol. The summed E-state index contributed by atoms with van der Waals surface area (Å²) in [6.07, 6.45) is 1.83. The lowest BCUT2D eigenvalue weighted by atomic mass is 9.96. The molecule has 0 atom stereocenters. The molecule has 0 fully saturated rings. The highest BCUT2D eigenvalue weighted by molar-refractivity contribution is 7.25. The van der Waals surface area contributed by atoms with E-state index in [1.807, 2.05) is 84.3 Å². The Morgan fingerprint density at radius 3 is 1.73 bits per heavy atom. The van der Waals surface area contributed by atoms with Crippen molar-refractivity contribution in [2.75, 3.05) is 0 Å². The number of thiophene rings is 1. The highest BCUT2D eigenvalue weighted by Crippen LogP contribution is 2.39. The van der Waals surface area contributed by atoms with Gasteiger partial charge in [-0.1, -0.05) is 109 Å². The van der Waals surface area contributed by atoms with Crippen LogP contribution in [0.3, 0.4) is 0 Å². The molecule has 0 aliphatic heterocycles. The van der Waals surface area contributed by atoms with Gasteiger partial charge in [0.1, 0.15) is 0 Å². The first-order valence-electron chi connectivity index (χ1n) is 16.8. The van der Waals surface area contributed by atoms with E-state index in [-0.39, 0.29) is 0 Å². The van der Waals surface area contributed by atoms with E-state index in [2.05, 4.69) is 91.0 Å². The Balaban J connectivity index is 1.22. The number of benzene rings is 6. The summed E-state index contributed by atoms with van der Waals surface area (Å²) in [5.74, 6) is 1.85. The molecule has 6 heteroatoms. The number of pyridine rings is 2. The highest BCUT2D eigenvalue weighted by atomic mass is 32.1. The average Bonchev–Trinajstić information content (AvgIpc) is 3.59. The second-order valence-corrected chi connectivity index (χ2v) is 13.6. The van der Waals surface area contributed by atoms with Crippen molar-refractivity contribution < 1.29 is 0 Å². The largest absolute Gasteiger partial charge is 0.254 e. The van der Waals surface area contributed by atoms with Crippen LogP contribution in [0.4, 0.5) is 0 Å². The molecule has 10 rings (SSSR count). The number of rotatable bonds is 5. The first-order chi connectivity index (χ1) is 25.2. The zero-order chi connectivity index (χ0) is 33.7. The van der Waals surface area contributed by atoms with Gasteiger partial charge in [0.15, 0.2) is 17.5 Å². The van der Waals surface area contributed by atoms with E-state index >= 15 is 0 Å². The molecule has 0 N–H and O–H groups in total. The van der Waals surface area contributed by atoms with E-state index in [4.69, 9.17) is 24.9 Å². The minimum absolute atomic E-state index is 0.598. The first-order valence-corrected chi connectivity index (χ1v) is 17.6. The van der Waals surface area contributed by atoms with E-state index in [0.717, 1.165) is 60.9 Å². The van der Waals surface area contributed by atoms with Crippen molar-refractivity contribution in [1.82, 2.24) is 24.9 Å². The topological polar surface area (TPSA) is 64.5 Å². The smallest absolute Gasteiger partial charge is 0.164 e. The van der Waals surface area contributed by atoms with Crippen molar-refractivity contribution in [3.05, 3.63) is 164 Å². The molecule has 0 saturated carbocycles. The first kappa shape index (κ1) is 29.3. The quantitative estimate of drug-likeness (QED) is 0.171. The SMILES string of the molecule is c1ccc(-c2nc(-c3ccccc3)nc(-c3cc(-c4ccc5sc6ccccc6c5c4)cc(-c4ccc5ccc6cccnc6c5n4)c3)n2)cc1. The van der Waals surface area contributed by atoms with Gasteiger partial charge in [-0.3, -0.25) is 4.98 Å². The van der Waals surface area contributed by atoms with Crippen LogP contribution in [-0.2, 0) is 0 Å². The fourth-order valence-electron chi connectivity index (χ4n) is 6.80. The zero-order valence-electron chi connectivity index (χ0n) is 27.2. The standard InChI is InChI=1S/C45H27N5S/c1-3-10-30(11-4-1)43-48-44(31-12-5-2-6-13-31)50-45(49-43)35-25-33(32-20-22-40-37(27-32)36-15-7-8-16-39(36)51-40)24-34(26-35)38-21-19-29-18-17-28-14-9-23-46-41(28)42(29)47-38/h1-27H. The molecule has 0 unspecified atom stereocenters. The van der Waals surface area contributed by atoms with E-state index in [0.29, 0.717) is 17.5 Å². The highest BCUT2D eigenvalue weighted by Gasteiger charge is 2.16. The van der Waals surface area contributed by atoms with Crippen LogP contribution in [0.25, 0.3) is 98.5 Å². The normalized spacial score (nSPS) is 11.5. The Morgan fingerprint density at radius 2 is 0.961 bits per heavy atom. The van der Waals surface area contributed by atoms with Gasteiger partial charge in [0.2, 0.25) is 0 Å². The molecule has 238 valence electrons. The molecule has 0 aliphatic rings. The number of aromatic nitrogens is 5. The van der Waals surface area contributed by atoms with E-state index < -0.39 is 0 Å². The Morgan fingerprint density at radius 1 is 0.353 bits per heavy atom.